The molecule has 0 unspecified atom stereocenters. The van der Waals surface area contributed by atoms with E-state index in [1.165, 1.54) is 0 Å². The quantitative estimate of drug-likeness (QED) is 0.656. The Kier molecular flexibility index (Phi) is 2.18. The molecule has 0 amide bonds. The van der Waals surface area contributed by atoms with Crippen LogP contribution in [-0.2, 0) is 4.79 Å². The lowest BCUT2D eigenvalue weighted by Crippen LogP contribution is -2.24. The average molecular weight is 157 g/mol. The second-order valence-electron chi connectivity index (χ2n) is 3.81. The van der Waals surface area contributed by atoms with Crippen molar-refractivity contribution >= 4 is 5.97 Å². The van der Waals surface area contributed by atoms with Crippen LogP contribution in [0.2, 0.25) is 0 Å². The zero-order valence-corrected chi connectivity index (χ0v) is 7.13. The monoisotopic (exact) mass is 157 g/mol. The van der Waals surface area contributed by atoms with Gasteiger partial charge >= 0.3 is 5.97 Å². The number of aliphatic carboxylic acids is 1. The van der Waals surface area contributed by atoms with Crippen molar-refractivity contribution in [2.45, 2.75) is 19.3 Å². The zero-order chi connectivity index (χ0) is 8.48. The number of nitrogens with zero attached hydrogens (tertiary/aromatic N) is 1. The van der Waals surface area contributed by atoms with Gasteiger partial charge in [-0.15, -0.1) is 0 Å². The Morgan fingerprint density at radius 3 is 2.36 bits per heavy atom. The summed E-state index contributed by atoms with van der Waals surface area (Å²) in [6, 6.07) is 0. The molecule has 1 aliphatic rings. The van der Waals surface area contributed by atoms with Crippen LogP contribution in [-0.4, -0.2) is 36.6 Å². The highest BCUT2D eigenvalue weighted by atomic mass is 16.4. The molecule has 1 rings (SSSR count). The van der Waals surface area contributed by atoms with Crippen LogP contribution in [0.4, 0.5) is 0 Å². The highest BCUT2D eigenvalue weighted by Crippen LogP contribution is 2.48. The fraction of sp³-hybridized carbons (Fsp3) is 0.875. The summed E-state index contributed by atoms with van der Waals surface area (Å²) in [6.45, 7) is 0.916. The van der Waals surface area contributed by atoms with Crippen molar-refractivity contribution in [3.63, 3.8) is 0 Å². The number of rotatable bonds is 4. The third kappa shape index (κ3) is 2.50. The van der Waals surface area contributed by atoms with E-state index in [4.69, 9.17) is 5.11 Å². The van der Waals surface area contributed by atoms with Gasteiger partial charge in [-0.1, -0.05) is 0 Å². The second-order valence-corrected chi connectivity index (χ2v) is 3.81. The van der Waals surface area contributed by atoms with Gasteiger partial charge in [0.2, 0.25) is 0 Å². The molecule has 0 atom stereocenters. The Morgan fingerprint density at radius 1 is 1.55 bits per heavy atom. The van der Waals surface area contributed by atoms with Crippen molar-refractivity contribution in [2.75, 3.05) is 20.6 Å². The lowest BCUT2D eigenvalue weighted by atomic mass is 10.0. The minimum absolute atomic E-state index is 0.120. The first-order valence-electron chi connectivity index (χ1n) is 3.91. The van der Waals surface area contributed by atoms with Crippen molar-refractivity contribution < 1.29 is 9.90 Å². The summed E-state index contributed by atoms with van der Waals surface area (Å²) in [5.74, 6) is -0.663. The summed E-state index contributed by atoms with van der Waals surface area (Å²) in [5.41, 5.74) is 0.120. The van der Waals surface area contributed by atoms with Crippen LogP contribution in [0.15, 0.2) is 0 Å². The molecule has 0 aromatic carbocycles. The van der Waals surface area contributed by atoms with Crippen molar-refractivity contribution in [1.29, 1.82) is 0 Å². The summed E-state index contributed by atoms with van der Waals surface area (Å²) in [7, 11) is 3.98. The molecule has 11 heavy (non-hydrogen) atoms. The molecule has 0 aliphatic heterocycles. The number of hydrogen-bond donors (Lipinski definition) is 1. The lowest BCUT2D eigenvalue weighted by Gasteiger charge is -2.17. The molecule has 0 heterocycles. The van der Waals surface area contributed by atoms with Gasteiger partial charge in [0.1, 0.15) is 0 Å². The number of carboxylic acids is 1. The Bertz CT molecular complexity index is 161. The topological polar surface area (TPSA) is 40.5 Å². The van der Waals surface area contributed by atoms with Gasteiger partial charge in [-0.25, -0.2) is 0 Å². The second kappa shape index (κ2) is 2.81. The minimum atomic E-state index is -0.663. The highest BCUT2D eigenvalue weighted by molar-refractivity contribution is 5.68. The molecule has 1 N–H and O–H groups in total. The van der Waals surface area contributed by atoms with Crippen LogP contribution < -0.4 is 0 Å². The van der Waals surface area contributed by atoms with E-state index in [0.717, 1.165) is 19.4 Å². The van der Waals surface area contributed by atoms with Gasteiger partial charge in [0.05, 0.1) is 6.42 Å². The maximum atomic E-state index is 10.4. The van der Waals surface area contributed by atoms with Gasteiger partial charge in [-0.3, -0.25) is 4.79 Å². The molecule has 3 heteroatoms. The molecule has 64 valence electrons. The van der Waals surface area contributed by atoms with Crippen molar-refractivity contribution in [1.82, 2.24) is 4.90 Å². The maximum absolute atomic E-state index is 10.4. The first-order chi connectivity index (χ1) is 5.04. The van der Waals surface area contributed by atoms with Crippen LogP contribution in [0.1, 0.15) is 19.3 Å². The molecule has 0 radical (unpaired) electrons. The molecule has 0 saturated heterocycles. The third-order valence-corrected chi connectivity index (χ3v) is 2.13. The zero-order valence-electron chi connectivity index (χ0n) is 7.13. The predicted octanol–water partition coefficient (Wildman–Crippen LogP) is 0.803. The summed E-state index contributed by atoms with van der Waals surface area (Å²) >= 11 is 0. The molecule has 0 aromatic rings. The lowest BCUT2D eigenvalue weighted by molar-refractivity contribution is -0.138. The Balaban J connectivity index is 2.35. The van der Waals surface area contributed by atoms with Gasteiger partial charge < -0.3 is 10.0 Å². The number of hydrogen-bond acceptors (Lipinski definition) is 2. The van der Waals surface area contributed by atoms with E-state index in [-0.39, 0.29) is 5.41 Å². The Labute approximate surface area is 67.0 Å². The van der Waals surface area contributed by atoms with E-state index in [0.29, 0.717) is 6.42 Å². The first kappa shape index (κ1) is 8.53. The van der Waals surface area contributed by atoms with E-state index in [9.17, 15) is 4.79 Å². The van der Waals surface area contributed by atoms with Gasteiger partial charge in [0, 0.05) is 6.54 Å². The largest absolute Gasteiger partial charge is 0.481 e. The average Bonchev–Trinajstić information content (AvgIpc) is 2.43. The Morgan fingerprint density at radius 2 is 2.09 bits per heavy atom. The van der Waals surface area contributed by atoms with Crippen molar-refractivity contribution in [3.8, 4) is 0 Å². The third-order valence-electron chi connectivity index (χ3n) is 2.13. The van der Waals surface area contributed by atoms with Gasteiger partial charge in [0.25, 0.3) is 0 Å². The summed E-state index contributed by atoms with van der Waals surface area (Å²) in [5, 5.41) is 8.58. The van der Waals surface area contributed by atoms with E-state index < -0.39 is 5.97 Å². The predicted molar refractivity (Wildman–Crippen MR) is 42.5 cm³/mol. The summed E-state index contributed by atoms with van der Waals surface area (Å²) in [4.78, 5) is 12.5. The molecule has 1 fully saturated rings. The molecular weight excluding hydrogens is 142 g/mol. The normalized spacial score (nSPS) is 20.3. The van der Waals surface area contributed by atoms with Gasteiger partial charge in [0.15, 0.2) is 0 Å². The van der Waals surface area contributed by atoms with E-state index in [1.807, 2.05) is 14.1 Å². The van der Waals surface area contributed by atoms with Crippen LogP contribution in [0.5, 0.6) is 0 Å². The van der Waals surface area contributed by atoms with E-state index in [2.05, 4.69) is 4.90 Å². The van der Waals surface area contributed by atoms with Gasteiger partial charge in [-0.05, 0) is 32.4 Å². The molecule has 0 spiro atoms. The van der Waals surface area contributed by atoms with Crippen LogP contribution in [0, 0.1) is 5.41 Å². The fourth-order valence-electron chi connectivity index (χ4n) is 1.56. The fourth-order valence-corrected chi connectivity index (χ4v) is 1.56. The summed E-state index contributed by atoms with van der Waals surface area (Å²) in [6.07, 6.45) is 2.50. The first-order valence-corrected chi connectivity index (χ1v) is 3.91. The van der Waals surface area contributed by atoms with Crippen LogP contribution in [0.3, 0.4) is 0 Å². The molecule has 3 nitrogen and oxygen atoms in total. The van der Waals surface area contributed by atoms with Crippen LogP contribution >= 0.6 is 0 Å². The van der Waals surface area contributed by atoms with Crippen LogP contribution in [0.25, 0.3) is 0 Å². The number of carbonyl (C=O) groups is 1. The molecule has 1 aliphatic carbocycles. The van der Waals surface area contributed by atoms with Crippen molar-refractivity contribution in [2.24, 2.45) is 5.41 Å². The van der Waals surface area contributed by atoms with E-state index in [1.54, 1.807) is 0 Å². The maximum Gasteiger partial charge on any atom is 0.303 e. The molecule has 0 bridgehead atoms. The standard InChI is InChI=1S/C8H15NO2/c1-9(2)6-8(3-4-8)5-7(10)11/h3-6H2,1-2H3,(H,10,11). The molecule has 0 aromatic heterocycles. The van der Waals surface area contributed by atoms with Crippen molar-refractivity contribution in [3.05, 3.63) is 0 Å². The smallest absolute Gasteiger partial charge is 0.303 e. The Hall–Kier alpha value is -0.570. The highest BCUT2D eigenvalue weighted by Gasteiger charge is 2.44. The van der Waals surface area contributed by atoms with E-state index >= 15 is 0 Å². The number of carboxylic acid groups (broad SMARTS) is 1. The summed E-state index contributed by atoms with van der Waals surface area (Å²) < 4.78 is 0. The van der Waals surface area contributed by atoms with Gasteiger partial charge in [-0.2, -0.15) is 0 Å². The molecular formula is C8H15NO2. The SMILES string of the molecule is CN(C)CC1(CC(=O)O)CC1. The molecule has 1 saturated carbocycles. The minimum Gasteiger partial charge on any atom is -0.481 e.